The van der Waals surface area contributed by atoms with Crippen LogP contribution >= 0.6 is 0 Å². The summed E-state index contributed by atoms with van der Waals surface area (Å²) in [6, 6.07) is 3.46. The number of rotatable bonds is 4. The van der Waals surface area contributed by atoms with Crippen LogP contribution in [0.1, 0.15) is 12.5 Å². The number of nitrogens with zero attached hydrogens (tertiary/aromatic N) is 3. The second-order valence-electron chi connectivity index (χ2n) is 3.23. The molecule has 84 valence electrons. The molecule has 0 aliphatic rings. The van der Waals surface area contributed by atoms with Gasteiger partial charge in [-0.1, -0.05) is 0 Å². The fourth-order valence-corrected chi connectivity index (χ4v) is 1.32. The number of hydrogen-bond donors (Lipinski definition) is 2. The van der Waals surface area contributed by atoms with Gasteiger partial charge < -0.3 is 16.4 Å². The summed E-state index contributed by atoms with van der Waals surface area (Å²) in [6.07, 6.45) is 1.41. The van der Waals surface area contributed by atoms with Crippen LogP contribution in [-0.2, 0) is 4.79 Å². The first-order valence-electron chi connectivity index (χ1n) is 4.77. The molecule has 0 aliphatic carbocycles. The van der Waals surface area contributed by atoms with Crippen molar-refractivity contribution in [2.24, 2.45) is 5.73 Å². The first-order valence-corrected chi connectivity index (χ1v) is 4.77. The lowest BCUT2D eigenvalue weighted by molar-refractivity contribution is -0.116. The number of carbonyl (C=O) groups excluding carboxylic acids is 1. The Bertz CT molecular complexity index is 437. The maximum atomic E-state index is 10.8. The van der Waals surface area contributed by atoms with Crippen molar-refractivity contribution in [3.8, 4) is 6.07 Å². The topological polar surface area (TPSA) is 109 Å². The van der Waals surface area contributed by atoms with Crippen LogP contribution in [0.2, 0.25) is 0 Å². The highest BCUT2D eigenvalue weighted by molar-refractivity contribution is 5.80. The molecule has 0 spiro atoms. The average molecular weight is 219 g/mol. The molecular formula is C10H13N5O. The highest BCUT2D eigenvalue weighted by atomic mass is 16.1. The van der Waals surface area contributed by atoms with Crippen LogP contribution in [0.5, 0.6) is 0 Å². The van der Waals surface area contributed by atoms with E-state index < -0.39 is 5.91 Å². The van der Waals surface area contributed by atoms with Crippen molar-refractivity contribution in [3.05, 3.63) is 17.8 Å². The van der Waals surface area contributed by atoms with Crippen molar-refractivity contribution >= 4 is 17.4 Å². The number of amides is 1. The quantitative estimate of drug-likeness (QED) is 0.731. The van der Waals surface area contributed by atoms with E-state index in [1.165, 1.54) is 12.3 Å². The smallest absolute Gasteiger partial charge is 0.236 e. The zero-order valence-electron chi connectivity index (χ0n) is 8.97. The lowest BCUT2D eigenvalue weighted by atomic mass is 10.2. The number of likely N-dealkylation sites (N-methyl/N-ethyl adjacent to an activating group) is 1. The molecule has 0 aliphatic heterocycles. The van der Waals surface area contributed by atoms with Gasteiger partial charge in [0.05, 0.1) is 17.8 Å². The molecule has 0 aromatic carbocycles. The van der Waals surface area contributed by atoms with Gasteiger partial charge in [0.1, 0.15) is 6.07 Å². The molecule has 1 heterocycles. The van der Waals surface area contributed by atoms with Gasteiger partial charge in [0.15, 0.2) is 5.82 Å². The van der Waals surface area contributed by atoms with Crippen molar-refractivity contribution in [2.75, 3.05) is 23.7 Å². The predicted molar refractivity (Wildman–Crippen MR) is 60.4 cm³/mol. The van der Waals surface area contributed by atoms with Crippen molar-refractivity contribution in [1.82, 2.24) is 4.98 Å². The molecule has 4 N–H and O–H groups in total. The monoisotopic (exact) mass is 219 g/mol. The molecule has 1 amide bonds. The number of hydrogen-bond acceptors (Lipinski definition) is 5. The van der Waals surface area contributed by atoms with Crippen molar-refractivity contribution in [1.29, 1.82) is 5.26 Å². The SMILES string of the molecule is CCN(CC(N)=O)c1ncc(C#N)cc1N. The standard InChI is InChI=1S/C10H13N5O/c1-2-15(6-9(13)16)10-8(12)3-7(4-11)5-14-10/h3,5H,2,6,12H2,1H3,(H2,13,16). The maximum absolute atomic E-state index is 10.8. The van der Waals surface area contributed by atoms with Crippen LogP contribution in [0.4, 0.5) is 11.5 Å². The van der Waals surface area contributed by atoms with Crippen molar-refractivity contribution < 1.29 is 4.79 Å². The molecule has 1 aromatic heterocycles. The summed E-state index contributed by atoms with van der Waals surface area (Å²) in [6.45, 7) is 2.48. The first-order chi connectivity index (χ1) is 7.58. The summed E-state index contributed by atoms with van der Waals surface area (Å²) < 4.78 is 0. The molecule has 0 saturated carbocycles. The predicted octanol–water partition coefficient (Wildman–Crippen LogP) is -0.153. The minimum Gasteiger partial charge on any atom is -0.396 e. The normalized spacial score (nSPS) is 9.50. The van der Waals surface area contributed by atoms with Gasteiger partial charge in [-0.05, 0) is 13.0 Å². The van der Waals surface area contributed by atoms with E-state index in [0.717, 1.165) is 0 Å². The molecule has 0 fully saturated rings. The zero-order chi connectivity index (χ0) is 12.1. The molecule has 0 radical (unpaired) electrons. The highest BCUT2D eigenvalue weighted by Crippen LogP contribution is 2.20. The third-order valence-electron chi connectivity index (χ3n) is 2.05. The molecule has 1 rings (SSSR count). The van der Waals surface area contributed by atoms with Crippen molar-refractivity contribution in [3.63, 3.8) is 0 Å². The van der Waals surface area contributed by atoms with Crippen LogP contribution in [-0.4, -0.2) is 24.0 Å². The number of anilines is 2. The first kappa shape index (κ1) is 11.8. The third-order valence-corrected chi connectivity index (χ3v) is 2.05. The number of nitrogen functional groups attached to an aromatic ring is 1. The molecule has 0 saturated heterocycles. The van der Waals surface area contributed by atoms with E-state index in [1.54, 1.807) is 4.90 Å². The van der Waals surface area contributed by atoms with Gasteiger partial charge in [-0.2, -0.15) is 5.26 Å². The van der Waals surface area contributed by atoms with E-state index in [2.05, 4.69) is 4.98 Å². The molecule has 6 heteroatoms. The summed E-state index contributed by atoms with van der Waals surface area (Å²) in [5.41, 5.74) is 11.6. The Kier molecular flexibility index (Phi) is 3.67. The second kappa shape index (κ2) is 4.98. The molecule has 0 atom stereocenters. The van der Waals surface area contributed by atoms with Crippen molar-refractivity contribution in [2.45, 2.75) is 6.92 Å². The van der Waals surface area contributed by atoms with Gasteiger partial charge >= 0.3 is 0 Å². The molecule has 0 unspecified atom stereocenters. The summed E-state index contributed by atoms with van der Waals surface area (Å²) in [7, 11) is 0. The van der Waals surface area contributed by atoms with Gasteiger partial charge in [-0.3, -0.25) is 4.79 Å². The van der Waals surface area contributed by atoms with E-state index in [9.17, 15) is 4.79 Å². The maximum Gasteiger partial charge on any atom is 0.236 e. The second-order valence-corrected chi connectivity index (χ2v) is 3.23. The van der Waals surface area contributed by atoms with Gasteiger partial charge in [-0.15, -0.1) is 0 Å². The fourth-order valence-electron chi connectivity index (χ4n) is 1.32. The number of carbonyl (C=O) groups is 1. The Morgan fingerprint density at radius 2 is 2.38 bits per heavy atom. The Morgan fingerprint density at radius 1 is 1.69 bits per heavy atom. The Balaban J connectivity index is 3.02. The Morgan fingerprint density at radius 3 is 2.81 bits per heavy atom. The molecule has 6 nitrogen and oxygen atoms in total. The number of aromatic nitrogens is 1. The van der Waals surface area contributed by atoms with Crippen LogP contribution in [0.25, 0.3) is 0 Å². The van der Waals surface area contributed by atoms with Crippen LogP contribution in [0, 0.1) is 11.3 Å². The minimum absolute atomic E-state index is 0.0552. The number of pyridine rings is 1. The largest absolute Gasteiger partial charge is 0.396 e. The summed E-state index contributed by atoms with van der Waals surface area (Å²) in [4.78, 5) is 16.5. The van der Waals surface area contributed by atoms with Crippen LogP contribution < -0.4 is 16.4 Å². The van der Waals surface area contributed by atoms with E-state index in [1.807, 2.05) is 13.0 Å². The summed E-state index contributed by atoms with van der Waals surface area (Å²) in [5, 5.41) is 8.66. The molecule has 16 heavy (non-hydrogen) atoms. The van der Waals surface area contributed by atoms with E-state index in [-0.39, 0.29) is 6.54 Å². The summed E-state index contributed by atoms with van der Waals surface area (Å²) >= 11 is 0. The number of nitriles is 1. The lowest BCUT2D eigenvalue weighted by Crippen LogP contribution is -2.34. The molecule has 0 bridgehead atoms. The van der Waals surface area contributed by atoms with Gasteiger partial charge in [0, 0.05) is 12.7 Å². The van der Waals surface area contributed by atoms with Gasteiger partial charge in [0.25, 0.3) is 0 Å². The lowest BCUT2D eigenvalue weighted by Gasteiger charge is -2.21. The van der Waals surface area contributed by atoms with E-state index >= 15 is 0 Å². The highest BCUT2D eigenvalue weighted by Gasteiger charge is 2.12. The molecular weight excluding hydrogens is 206 g/mol. The number of nitrogens with two attached hydrogens (primary N) is 2. The summed E-state index contributed by atoms with van der Waals surface area (Å²) in [5.74, 6) is 0.0210. The van der Waals surface area contributed by atoms with E-state index in [0.29, 0.717) is 23.6 Å². The fraction of sp³-hybridized carbons (Fsp3) is 0.300. The number of primary amides is 1. The Hall–Kier alpha value is -2.29. The molecule has 1 aromatic rings. The van der Waals surface area contributed by atoms with Crippen LogP contribution in [0.3, 0.4) is 0 Å². The van der Waals surface area contributed by atoms with Gasteiger partial charge in [-0.25, -0.2) is 4.98 Å². The Labute approximate surface area is 93.5 Å². The average Bonchev–Trinajstić information content (AvgIpc) is 2.25. The van der Waals surface area contributed by atoms with E-state index in [4.69, 9.17) is 16.7 Å². The van der Waals surface area contributed by atoms with Gasteiger partial charge in [0.2, 0.25) is 5.91 Å². The zero-order valence-corrected chi connectivity index (χ0v) is 8.97. The van der Waals surface area contributed by atoms with Crippen LogP contribution in [0.15, 0.2) is 12.3 Å². The minimum atomic E-state index is -0.451. The third kappa shape index (κ3) is 2.60.